The summed E-state index contributed by atoms with van der Waals surface area (Å²) < 4.78 is 0. The van der Waals surface area contributed by atoms with E-state index in [1.165, 1.54) is 7.05 Å². The first-order valence-electron chi connectivity index (χ1n) is 6.43. The Bertz CT molecular complexity index is 601. The van der Waals surface area contributed by atoms with Crippen LogP contribution in [0.1, 0.15) is 25.0 Å². The summed E-state index contributed by atoms with van der Waals surface area (Å²) in [5, 5.41) is 12.0. The van der Waals surface area contributed by atoms with Crippen LogP contribution in [-0.4, -0.2) is 13.1 Å². The summed E-state index contributed by atoms with van der Waals surface area (Å²) in [7, 11) is 1.48. The van der Waals surface area contributed by atoms with Crippen LogP contribution in [0.15, 0.2) is 30.3 Å². The van der Waals surface area contributed by atoms with Crippen molar-refractivity contribution in [2.45, 2.75) is 19.3 Å². The predicted octanol–water partition coefficient (Wildman–Crippen LogP) is 2.32. The number of carbonyl (C=O) groups excluding carboxylic acids is 1. The highest BCUT2D eigenvalue weighted by atomic mass is 16.7. The molecular weight excluding hydrogens is 254 g/mol. The van der Waals surface area contributed by atoms with Gasteiger partial charge in [0.1, 0.15) is 5.41 Å². The fraction of sp³-hybridized carbons (Fsp3) is 0.333. The van der Waals surface area contributed by atoms with Crippen molar-refractivity contribution in [1.29, 1.82) is 5.26 Å². The van der Waals surface area contributed by atoms with Crippen LogP contribution in [0.4, 0.5) is 4.79 Å². The Morgan fingerprint density at radius 3 is 2.70 bits per heavy atom. The molecule has 2 rings (SSSR count). The second kappa shape index (κ2) is 5.25. The van der Waals surface area contributed by atoms with Crippen LogP contribution in [0.25, 0.3) is 5.70 Å². The average molecular weight is 271 g/mol. The molecule has 0 spiro atoms. The van der Waals surface area contributed by atoms with Crippen molar-refractivity contribution in [2.24, 2.45) is 5.92 Å². The fourth-order valence-corrected chi connectivity index (χ4v) is 2.40. The van der Waals surface area contributed by atoms with Crippen LogP contribution in [-0.2, 0) is 10.3 Å². The Labute approximate surface area is 118 Å². The van der Waals surface area contributed by atoms with E-state index in [2.05, 4.69) is 16.9 Å². The van der Waals surface area contributed by atoms with Gasteiger partial charge >= 0.3 is 6.09 Å². The minimum atomic E-state index is -0.703. The zero-order chi connectivity index (χ0) is 14.8. The number of hydroxylamine groups is 1. The van der Waals surface area contributed by atoms with Gasteiger partial charge in [0.25, 0.3) is 0 Å². The van der Waals surface area contributed by atoms with Crippen LogP contribution in [0, 0.1) is 17.2 Å². The molecule has 1 amide bonds. The first kappa shape index (κ1) is 13.9. The zero-order valence-electron chi connectivity index (χ0n) is 11.7. The van der Waals surface area contributed by atoms with Gasteiger partial charge in [0.05, 0.1) is 11.8 Å². The molecule has 0 saturated carbocycles. The maximum atomic E-state index is 11.2. The first-order chi connectivity index (χ1) is 9.55. The lowest BCUT2D eigenvalue weighted by Gasteiger charge is -2.24. The third-order valence-corrected chi connectivity index (χ3v) is 3.59. The number of allylic oxidation sites excluding steroid dienone is 1. The Morgan fingerprint density at radius 2 is 2.10 bits per heavy atom. The minimum Gasteiger partial charge on any atom is -0.324 e. The van der Waals surface area contributed by atoms with Gasteiger partial charge < -0.3 is 10.2 Å². The van der Waals surface area contributed by atoms with Gasteiger partial charge in [0, 0.05) is 12.6 Å². The van der Waals surface area contributed by atoms with Crippen molar-refractivity contribution in [2.75, 3.05) is 7.05 Å². The third-order valence-electron chi connectivity index (χ3n) is 3.59. The molecule has 104 valence electrons. The van der Waals surface area contributed by atoms with Crippen molar-refractivity contribution in [3.63, 3.8) is 0 Å². The quantitative estimate of drug-likeness (QED) is 0.827. The standard InChI is InChI=1S/C15H17N3O2/c1-10(2)15(9-16)8-13(18-20-14(19)17-3)11-6-4-5-7-12(11)15/h4-8,10,18H,1-3H3,(H,17,19). The van der Waals surface area contributed by atoms with Crippen molar-refractivity contribution >= 4 is 11.8 Å². The van der Waals surface area contributed by atoms with Gasteiger partial charge in [-0.2, -0.15) is 5.26 Å². The number of carbonyl (C=O) groups is 1. The Kier molecular flexibility index (Phi) is 3.66. The molecule has 1 atom stereocenters. The predicted molar refractivity (Wildman–Crippen MR) is 75.2 cm³/mol. The lowest BCUT2D eigenvalue weighted by Crippen LogP contribution is -2.27. The van der Waals surface area contributed by atoms with Crippen LogP contribution < -0.4 is 10.8 Å². The molecule has 0 fully saturated rings. The van der Waals surface area contributed by atoms with E-state index in [1.54, 1.807) is 0 Å². The lowest BCUT2D eigenvalue weighted by atomic mass is 9.75. The summed E-state index contributed by atoms with van der Waals surface area (Å²) in [4.78, 5) is 16.0. The highest BCUT2D eigenvalue weighted by Gasteiger charge is 2.41. The monoisotopic (exact) mass is 271 g/mol. The first-order valence-corrected chi connectivity index (χ1v) is 6.43. The summed E-state index contributed by atoms with van der Waals surface area (Å²) in [6.07, 6.45) is 1.24. The van der Waals surface area contributed by atoms with E-state index in [-0.39, 0.29) is 5.92 Å². The summed E-state index contributed by atoms with van der Waals surface area (Å²) in [6, 6.07) is 10.0. The van der Waals surface area contributed by atoms with Crippen molar-refractivity contribution < 1.29 is 9.63 Å². The molecule has 0 radical (unpaired) electrons. The number of hydrogen-bond acceptors (Lipinski definition) is 4. The molecule has 0 saturated heterocycles. The largest absolute Gasteiger partial charge is 0.431 e. The van der Waals surface area contributed by atoms with Crippen LogP contribution >= 0.6 is 0 Å². The topological polar surface area (TPSA) is 74.2 Å². The van der Waals surface area contributed by atoms with Gasteiger partial charge in [0.15, 0.2) is 0 Å². The van der Waals surface area contributed by atoms with Crippen LogP contribution in [0.2, 0.25) is 0 Å². The molecule has 0 bridgehead atoms. The number of nitrogens with one attached hydrogen (secondary N) is 2. The molecule has 0 aromatic heterocycles. The maximum absolute atomic E-state index is 11.2. The number of nitriles is 1. The second-order valence-electron chi connectivity index (χ2n) is 4.98. The van der Waals surface area contributed by atoms with E-state index in [4.69, 9.17) is 4.84 Å². The molecule has 1 aliphatic rings. The number of hydrogen-bond donors (Lipinski definition) is 2. The molecule has 5 nitrogen and oxygen atoms in total. The van der Waals surface area contributed by atoms with E-state index in [0.717, 1.165) is 11.1 Å². The highest BCUT2D eigenvalue weighted by molar-refractivity contribution is 5.78. The van der Waals surface area contributed by atoms with Gasteiger partial charge in [-0.1, -0.05) is 38.1 Å². The smallest absolute Gasteiger partial charge is 0.324 e. The molecule has 1 aromatic carbocycles. The SMILES string of the molecule is CNC(=O)ONC1=CC(C#N)(C(C)C)c2ccccc21. The van der Waals surface area contributed by atoms with E-state index in [0.29, 0.717) is 5.70 Å². The molecule has 2 N–H and O–H groups in total. The molecule has 1 aromatic rings. The normalized spacial score (nSPS) is 19.9. The number of fused-ring (bicyclic) bond motifs is 1. The molecular formula is C15H17N3O2. The lowest BCUT2D eigenvalue weighted by molar-refractivity contribution is 0.118. The number of amides is 1. The fourth-order valence-electron chi connectivity index (χ4n) is 2.40. The third kappa shape index (κ3) is 2.10. The molecule has 0 aliphatic heterocycles. The van der Waals surface area contributed by atoms with Crippen molar-refractivity contribution in [1.82, 2.24) is 10.8 Å². The number of rotatable bonds is 3. The summed E-state index contributed by atoms with van der Waals surface area (Å²) in [6.45, 7) is 4.00. The second-order valence-corrected chi connectivity index (χ2v) is 4.98. The summed E-state index contributed by atoms with van der Waals surface area (Å²) in [5.74, 6) is 0.105. The van der Waals surface area contributed by atoms with Gasteiger partial charge in [-0.3, -0.25) is 0 Å². The zero-order valence-corrected chi connectivity index (χ0v) is 11.7. The minimum absolute atomic E-state index is 0.105. The average Bonchev–Trinajstić information content (AvgIpc) is 2.80. The van der Waals surface area contributed by atoms with Gasteiger partial charge in [-0.15, -0.1) is 0 Å². The summed E-state index contributed by atoms with van der Waals surface area (Å²) >= 11 is 0. The highest BCUT2D eigenvalue weighted by Crippen LogP contribution is 2.43. The van der Waals surface area contributed by atoms with E-state index in [1.807, 2.05) is 44.2 Å². The van der Waals surface area contributed by atoms with Gasteiger partial charge in [-0.25, -0.2) is 10.3 Å². The molecule has 20 heavy (non-hydrogen) atoms. The number of nitrogens with zero attached hydrogens (tertiary/aromatic N) is 1. The van der Waals surface area contributed by atoms with E-state index < -0.39 is 11.5 Å². The van der Waals surface area contributed by atoms with Crippen LogP contribution in [0.5, 0.6) is 0 Å². The Morgan fingerprint density at radius 1 is 1.40 bits per heavy atom. The molecule has 0 heterocycles. The van der Waals surface area contributed by atoms with E-state index >= 15 is 0 Å². The summed E-state index contributed by atoms with van der Waals surface area (Å²) in [5.41, 5.74) is 4.38. The molecule has 5 heteroatoms. The van der Waals surface area contributed by atoms with E-state index in [9.17, 15) is 10.1 Å². The maximum Gasteiger partial charge on any atom is 0.431 e. The molecule has 1 unspecified atom stereocenters. The Balaban J connectivity index is 2.41. The van der Waals surface area contributed by atoms with Crippen LogP contribution in [0.3, 0.4) is 0 Å². The molecule has 1 aliphatic carbocycles. The number of benzene rings is 1. The van der Waals surface area contributed by atoms with Crippen molar-refractivity contribution in [3.8, 4) is 6.07 Å². The van der Waals surface area contributed by atoms with Gasteiger partial charge in [0.2, 0.25) is 0 Å². The van der Waals surface area contributed by atoms with Gasteiger partial charge in [-0.05, 0) is 17.6 Å². The Hall–Kier alpha value is -2.48. The van der Waals surface area contributed by atoms with Crippen molar-refractivity contribution in [3.05, 3.63) is 41.5 Å².